The van der Waals surface area contributed by atoms with Gasteiger partial charge in [-0.05, 0) is 32.6 Å². The first-order valence-electron chi connectivity index (χ1n) is 6.85. The summed E-state index contributed by atoms with van der Waals surface area (Å²) in [6, 6.07) is -0.496. The first-order chi connectivity index (χ1) is 9.47. The number of carbonyl (C=O) groups excluding carboxylic acids is 4. The fourth-order valence-electron chi connectivity index (χ4n) is 2.68. The lowest BCUT2D eigenvalue weighted by molar-refractivity contribution is -0.131. The molecule has 0 spiro atoms. The summed E-state index contributed by atoms with van der Waals surface area (Å²) in [6.07, 6.45) is 3.08. The van der Waals surface area contributed by atoms with E-state index in [9.17, 15) is 19.2 Å². The SMILES string of the molecule is CC(=O)C1CCC(NC(=O)CN2C(=O)CNC2=O)CC1. The smallest absolute Gasteiger partial charge is 0.325 e. The first kappa shape index (κ1) is 14.5. The summed E-state index contributed by atoms with van der Waals surface area (Å²) in [4.78, 5) is 46.7. The topological polar surface area (TPSA) is 95.6 Å². The van der Waals surface area contributed by atoms with E-state index < -0.39 is 6.03 Å². The van der Waals surface area contributed by atoms with Crippen molar-refractivity contribution < 1.29 is 19.2 Å². The van der Waals surface area contributed by atoms with Crippen LogP contribution >= 0.6 is 0 Å². The molecule has 0 unspecified atom stereocenters. The Morgan fingerprint density at radius 2 is 1.90 bits per heavy atom. The third-order valence-electron chi connectivity index (χ3n) is 3.91. The third-order valence-corrected chi connectivity index (χ3v) is 3.91. The second-order valence-electron chi connectivity index (χ2n) is 5.37. The van der Waals surface area contributed by atoms with Crippen molar-refractivity contribution in [2.45, 2.75) is 38.6 Å². The van der Waals surface area contributed by atoms with E-state index in [0.29, 0.717) is 0 Å². The summed E-state index contributed by atoms with van der Waals surface area (Å²) < 4.78 is 0. The van der Waals surface area contributed by atoms with Crippen LogP contribution in [0.4, 0.5) is 4.79 Å². The number of hydrogen-bond acceptors (Lipinski definition) is 4. The maximum atomic E-state index is 11.8. The number of carbonyl (C=O) groups is 4. The standard InChI is InChI=1S/C13H19N3O4/c1-8(17)9-2-4-10(5-3-9)15-11(18)7-16-12(19)6-14-13(16)20/h9-10H,2-7H2,1H3,(H,14,20)(H,15,18). The van der Waals surface area contributed by atoms with Crippen LogP contribution in [0.2, 0.25) is 0 Å². The first-order valence-corrected chi connectivity index (χ1v) is 6.85. The van der Waals surface area contributed by atoms with Crippen molar-refractivity contribution in [3.8, 4) is 0 Å². The largest absolute Gasteiger partial charge is 0.352 e. The molecule has 0 aromatic carbocycles. The Morgan fingerprint density at radius 1 is 1.25 bits per heavy atom. The molecule has 2 rings (SSSR count). The number of imide groups is 1. The summed E-state index contributed by atoms with van der Waals surface area (Å²) in [6.45, 7) is 1.31. The van der Waals surface area contributed by atoms with Crippen LogP contribution in [0.5, 0.6) is 0 Å². The molecule has 4 amide bonds. The Balaban J connectivity index is 1.77. The van der Waals surface area contributed by atoms with Gasteiger partial charge < -0.3 is 10.6 Å². The predicted molar refractivity (Wildman–Crippen MR) is 69.7 cm³/mol. The molecule has 110 valence electrons. The Morgan fingerprint density at radius 3 is 2.40 bits per heavy atom. The summed E-state index contributed by atoms with van der Waals surface area (Å²) in [5.41, 5.74) is 0. The molecule has 1 saturated carbocycles. The number of nitrogens with one attached hydrogen (secondary N) is 2. The average Bonchev–Trinajstić information content (AvgIpc) is 2.71. The Hall–Kier alpha value is -1.92. The second-order valence-corrected chi connectivity index (χ2v) is 5.37. The molecule has 2 aliphatic rings. The van der Waals surface area contributed by atoms with Gasteiger partial charge in [0.15, 0.2) is 0 Å². The van der Waals surface area contributed by atoms with Crippen LogP contribution in [0.15, 0.2) is 0 Å². The average molecular weight is 281 g/mol. The quantitative estimate of drug-likeness (QED) is 0.698. The van der Waals surface area contributed by atoms with Crippen molar-refractivity contribution in [1.29, 1.82) is 0 Å². The molecule has 20 heavy (non-hydrogen) atoms. The van der Waals surface area contributed by atoms with E-state index >= 15 is 0 Å². The maximum absolute atomic E-state index is 11.8. The van der Waals surface area contributed by atoms with Gasteiger partial charge in [0.1, 0.15) is 12.3 Å². The van der Waals surface area contributed by atoms with Gasteiger partial charge in [-0.3, -0.25) is 19.3 Å². The number of nitrogens with zero attached hydrogens (tertiary/aromatic N) is 1. The molecule has 0 aromatic heterocycles. The van der Waals surface area contributed by atoms with Crippen molar-refractivity contribution in [3.05, 3.63) is 0 Å². The third kappa shape index (κ3) is 3.34. The zero-order chi connectivity index (χ0) is 14.7. The summed E-state index contributed by atoms with van der Waals surface area (Å²) in [5, 5.41) is 5.19. The molecule has 0 bridgehead atoms. The van der Waals surface area contributed by atoms with Gasteiger partial charge >= 0.3 is 6.03 Å². The van der Waals surface area contributed by atoms with Gasteiger partial charge in [-0.25, -0.2) is 4.79 Å². The summed E-state index contributed by atoms with van der Waals surface area (Å²) >= 11 is 0. The molecule has 0 atom stereocenters. The van der Waals surface area contributed by atoms with Crippen molar-refractivity contribution in [1.82, 2.24) is 15.5 Å². The molecule has 1 aliphatic carbocycles. The molecule has 2 N–H and O–H groups in total. The van der Waals surface area contributed by atoms with E-state index in [4.69, 9.17) is 0 Å². The van der Waals surface area contributed by atoms with Crippen molar-refractivity contribution in [2.24, 2.45) is 5.92 Å². The fourth-order valence-corrected chi connectivity index (χ4v) is 2.68. The van der Waals surface area contributed by atoms with Crippen LogP contribution < -0.4 is 10.6 Å². The minimum atomic E-state index is -0.523. The van der Waals surface area contributed by atoms with Crippen LogP contribution in [-0.2, 0) is 14.4 Å². The highest BCUT2D eigenvalue weighted by Crippen LogP contribution is 2.24. The molecule has 2 fully saturated rings. The molecular formula is C13H19N3O4. The van der Waals surface area contributed by atoms with Crippen LogP contribution in [0, 0.1) is 5.92 Å². The van der Waals surface area contributed by atoms with E-state index in [1.54, 1.807) is 6.92 Å². The Bertz CT molecular complexity index is 425. The van der Waals surface area contributed by atoms with E-state index in [2.05, 4.69) is 10.6 Å². The molecule has 7 nitrogen and oxygen atoms in total. The number of amides is 4. The number of urea groups is 1. The van der Waals surface area contributed by atoms with Gasteiger partial charge in [-0.1, -0.05) is 0 Å². The monoisotopic (exact) mass is 281 g/mol. The van der Waals surface area contributed by atoms with E-state index in [1.807, 2.05) is 0 Å². The van der Waals surface area contributed by atoms with Gasteiger partial charge in [0, 0.05) is 12.0 Å². The number of Topliss-reactive ketones (excluding diaryl/α,β-unsaturated/α-hetero) is 1. The van der Waals surface area contributed by atoms with Crippen molar-refractivity contribution >= 4 is 23.6 Å². The zero-order valence-electron chi connectivity index (χ0n) is 11.5. The van der Waals surface area contributed by atoms with Gasteiger partial charge in [0.05, 0.1) is 6.54 Å². The maximum Gasteiger partial charge on any atom is 0.325 e. The van der Waals surface area contributed by atoms with Gasteiger partial charge in [-0.2, -0.15) is 0 Å². The van der Waals surface area contributed by atoms with E-state index in [-0.39, 0.29) is 42.6 Å². The highest BCUT2D eigenvalue weighted by atomic mass is 16.2. The Labute approximate surface area is 117 Å². The molecule has 1 aliphatic heterocycles. The minimum absolute atomic E-state index is 0.0267. The van der Waals surface area contributed by atoms with Crippen LogP contribution in [0.25, 0.3) is 0 Å². The minimum Gasteiger partial charge on any atom is -0.352 e. The lowest BCUT2D eigenvalue weighted by atomic mass is 9.84. The molecule has 0 radical (unpaired) electrons. The predicted octanol–water partition coefficient (Wildman–Crippen LogP) is -0.198. The van der Waals surface area contributed by atoms with Crippen LogP contribution in [-0.4, -0.2) is 47.7 Å². The van der Waals surface area contributed by atoms with Gasteiger partial charge in [0.25, 0.3) is 5.91 Å². The summed E-state index contributed by atoms with van der Waals surface area (Å²) in [5.74, 6) is -0.407. The summed E-state index contributed by atoms with van der Waals surface area (Å²) in [7, 11) is 0. The zero-order valence-corrected chi connectivity index (χ0v) is 11.5. The number of ketones is 1. The van der Waals surface area contributed by atoms with Crippen LogP contribution in [0.3, 0.4) is 0 Å². The molecule has 1 saturated heterocycles. The van der Waals surface area contributed by atoms with Crippen molar-refractivity contribution in [2.75, 3.05) is 13.1 Å². The normalized spacial score (nSPS) is 26.4. The number of rotatable bonds is 4. The molecule has 0 aromatic rings. The highest BCUT2D eigenvalue weighted by Gasteiger charge is 2.31. The van der Waals surface area contributed by atoms with Crippen LogP contribution in [0.1, 0.15) is 32.6 Å². The molecular weight excluding hydrogens is 262 g/mol. The number of hydrogen-bond donors (Lipinski definition) is 2. The molecule has 7 heteroatoms. The van der Waals surface area contributed by atoms with E-state index in [1.165, 1.54) is 0 Å². The van der Waals surface area contributed by atoms with Gasteiger partial charge in [0.2, 0.25) is 5.91 Å². The van der Waals surface area contributed by atoms with Gasteiger partial charge in [-0.15, -0.1) is 0 Å². The van der Waals surface area contributed by atoms with Crippen molar-refractivity contribution in [3.63, 3.8) is 0 Å². The Kier molecular flexibility index (Phi) is 4.36. The molecule has 1 heterocycles. The highest BCUT2D eigenvalue weighted by molar-refractivity contribution is 6.04. The lowest BCUT2D eigenvalue weighted by Gasteiger charge is -2.28. The fraction of sp³-hybridized carbons (Fsp3) is 0.692. The second kappa shape index (κ2) is 6.02. The lowest BCUT2D eigenvalue weighted by Crippen LogP contribution is -2.45. The van der Waals surface area contributed by atoms with E-state index in [0.717, 1.165) is 30.6 Å².